The van der Waals surface area contributed by atoms with Crippen LogP contribution in [0.25, 0.3) is 33.4 Å². The fourth-order valence-electron chi connectivity index (χ4n) is 6.58. The summed E-state index contributed by atoms with van der Waals surface area (Å²) in [7, 11) is -4.30. The second-order valence-corrected chi connectivity index (χ2v) is 15.5. The molecule has 278 valence electrons. The molecule has 0 saturated carbocycles. The summed E-state index contributed by atoms with van der Waals surface area (Å²) in [5.41, 5.74) is 7.00. The van der Waals surface area contributed by atoms with Crippen molar-refractivity contribution in [1.82, 2.24) is 5.32 Å². The van der Waals surface area contributed by atoms with Gasteiger partial charge in [-0.15, -0.1) is 0 Å². The van der Waals surface area contributed by atoms with Crippen molar-refractivity contribution < 1.29 is 23.1 Å². The zero-order chi connectivity index (χ0) is 39.1. The SMILES string of the molecule is O=C(O)CC(NC(=O)c1cc(Cl)ccc1N(Cc1ccc(-c2ccccc2)cc1)S(=O)(=O)c1ccc(-c2ccccc2)cc1)c1ccc(-c2ccccc2)cc1. The Hall–Kier alpha value is -6.48. The summed E-state index contributed by atoms with van der Waals surface area (Å²) in [6, 6.07) is 54.2. The van der Waals surface area contributed by atoms with Gasteiger partial charge >= 0.3 is 5.97 Å². The van der Waals surface area contributed by atoms with E-state index in [1.165, 1.54) is 22.5 Å². The van der Waals surface area contributed by atoms with E-state index in [1.807, 2.05) is 127 Å². The molecule has 0 radical (unpaired) electrons. The van der Waals surface area contributed by atoms with Gasteiger partial charge in [-0.25, -0.2) is 8.42 Å². The zero-order valence-corrected chi connectivity index (χ0v) is 31.7. The second-order valence-electron chi connectivity index (χ2n) is 13.2. The van der Waals surface area contributed by atoms with Gasteiger partial charge in [-0.3, -0.25) is 13.9 Å². The number of carboxylic acid groups (broad SMARTS) is 1. The Morgan fingerprint density at radius 1 is 0.589 bits per heavy atom. The highest BCUT2D eigenvalue weighted by atomic mass is 35.5. The number of anilines is 1. The van der Waals surface area contributed by atoms with Gasteiger partial charge in [0.2, 0.25) is 0 Å². The van der Waals surface area contributed by atoms with Crippen molar-refractivity contribution in [2.45, 2.75) is 23.9 Å². The first-order valence-electron chi connectivity index (χ1n) is 18.0. The maximum Gasteiger partial charge on any atom is 0.305 e. The third-order valence-corrected chi connectivity index (χ3v) is 11.5. The molecule has 0 aliphatic heterocycles. The lowest BCUT2D eigenvalue weighted by Gasteiger charge is -2.28. The number of nitrogens with zero attached hydrogens (tertiary/aromatic N) is 1. The summed E-state index contributed by atoms with van der Waals surface area (Å²) >= 11 is 6.48. The summed E-state index contributed by atoms with van der Waals surface area (Å²) in [5, 5.41) is 12.9. The number of carbonyl (C=O) groups is 2. The summed E-state index contributed by atoms with van der Waals surface area (Å²) in [5.74, 6) is -1.80. The third-order valence-electron chi connectivity index (χ3n) is 9.51. The summed E-state index contributed by atoms with van der Waals surface area (Å²) < 4.78 is 30.7. The molecule has 0 aromatic heterocycles. The van der Waals surface area contributed by atoms with Crippen molar-refractivity contribution >= 4 is 39.2 Å². The molecule has 7 rings (SSSR count). The minimum atomic E-state index is -4.30. The van der Waals surface area contributed by atoms with Gasteiger partial charge in [0.15, 0.2) is 0 Å². The van der Waals surface area contributed by atoms with Crippen molar-refractivity contribution in [3.05, 3.63) is 204 Å². The van der Waals surface area contributed by atoms with Crippen LogP contribution in [0.1, 0.15) is 33.9 Å². The van der Waals surface area contributed by atoms with E-state index in [0.717, 1.165) is 33.4 Å². The van der Waals surface area contributed by atoms with Crippen molar-refractivity contribution in [1.29, 1.82) is 0 Å². The number of carboxylic acids is 1. The Morgan fingerprint density at radius 3 is 1.52 bits per heavy atom. The fraction of sp³-hybridized carbons (Fsp3) is 0.0638. The molecule has 1 atom stereocenters. The lowest BCUT2D eigenvalue weighted by Crippen LogP contribution is -2.35. The molecule has 7 aromatic carbocycles. The Morgan fingerprint density at radius 2 is 1.04 bits per heavy atom. The molecule has 0 heterocycles. The van der Waals surface area contributed by atoms with Crippen LogP contribution in [0.15, 0.2) is 187 Å². The van der Waals surface area contributed by atoms with Gasteiger partial charge in [0, 0.05) is 5.02 Å². The number of aliphatic carboxylic acids is 1. The maximum absolute atomic E-state index is 14.8. The molecule has 7 aromatic rings. The number of amides is 1. The van der Waals surface area contributed by atoms with Crippen molar-refractivity contribution in [2.24, 2.45) is 0 Å². The molecule has 0 aliphatic rings. The highest BCUT2D eigenvalue weighted by molar-refractivity contribution is 7.92. The number of rotatable bonds is 13. The van der Waals surface area contributed by atoms with E-state index in [1.54, 1.807) is 36.4 Å². The number of nitrogens with one attached hydrogen (secondary N) is 1. The first-order chi connectivity index (χ1) is 27.2. The molecule has 0 fully saturated rings. The van der Waals surface area contributed by atoms with Crippen LogP contribution in [-0.4, -0.2) is 25.4 Å². The molecular formula is C47H37ClN2O5S. The quantitative estimate of drug-likeness (QED) is 0.121. The van der Waals surface area contributed by atoms with Crippen LogP contribution in [0.3, 0.4) is 0 Å². The minimum Gasteiger partial charge on any atom is -0.481 e. The molecule has 0 aliphatic carbocycles. The van der Waals surface area contributed by atoms with Crippen LogP contribution in [-0.2, 0) is 21.4 Å². The van der Waals surface area contributed by atoms with Gasteiger partial charge in [-0.2, -0.15) is 0 Å². The summed E-state index contributed by atoms with van der Waals surface area (Å²) in [4.78, 5) is 26.4. The highest BCUT2D eigenvalue weighted by Crippen LogP contribution is 2.34. The van der Waals surface area contributed by atoms with E-state index in [9.17, 15) is 23.1 Å². The van der Waals surface area contributed by atoms with Crippen molar-refractivity contribution in [3.8, 4) is 33.4 Å². The van der Waals surface area contributed by atoms with E-state index in [-0.39, 0.29) is 27.7 Å². The Kier molecular flexibility index (Phi) is 11.4. The molecular weight excluding hydrogens is 740 g/mol. The highest BCUT2D eigenvalue weighted by Gasteiger charge is 2.30. The first kappa shape index (κ1) is 37.8. The average Bonchev–Trinajstić information content (AvgIpc) is 3.24. The van der Waals surface area contributed by atoms with Gasteiger partial charge in [0.25, 0.3) is 15.9 Å². The number of sulfonamides is 1. The fourth-order valence-corrected chi connectivity index (χ4v) is 8.23. The number of hydrogen-bond donors (Lipinski definition) is 2. The first-order valence-corrected chi connectivity index (χ1v) is 19.8. The van der Waals surface area contributed by atoms with Crippen molar-refractivity contribution in [3.63, 3.8) is 0 Å². The van der Waals surface area contributed by atoms with E-state index in [2.05, 4.69) is 5.32 Å². The number of hydrogen-bond acceptors (Lipinski definition) is 4. The lowest BCUT2D eigenvalue weighted by molar-refractivity contribution is -0.137. The normalized spacial score (nSPS) is 11.7. The van der Waals surface area contributed by atoms with E-state index in [4.69, 9.17) is 11.6 Å². The third kappa shape index (κ3) is 8.73. The van der Waals surface area contributed by atoms with E-state index >= 15 is 0 Å². The molecule has 0 bridgehead atoms. The topological polar surface area (TPSA) is 104 Å². The molecule has 2 N–H and O–H groups in total. The Labute approximate surface area is 331 Å². The number of halogens is 1. The monoisotopic (exact) mass is 776 g/mol. The second kappa shape index (κ2) is 16.9. The molecule has 1 amide bonds. The minimum absolute atomic E-state index is 0.0285. The van der Waals surface area contributed by atoms with Crippen LogP contribution < -0.4 is 9.62 Å². The van der Waals surface area contributed by atoms with Gasteiger partial charge in [-0.1, -0.05) is 163 Å². The lowest BCUT2D eigenvalue weighted by atomic mass is 9.98. The molecule has 0 saturated heterocycles. The van der Waals surface area contributed by atoms with E-state index < -0.39 is 34.4 Å². The standard InChI is InChI=1S/C47H37ClN2O5S/c48-41-26-29-45(43(30-41)47(53)49-44(31-46(51)52)40-22-20-38(21-23-40)35-12-6-2-7-13-35)50(32-33-16-18-37(19-17-33)34-10-4-1-5-11-34)56(54,55)42-27-24-39(25-28-42)36-14-8-3-9-15-36/h1-30,44H,31-32H2,(H,49,53)(H,51,52). The van der Waals surface area contributed by atoms with Crippen LogP contribution in [0.5, 0.6) is 0 Å². The molecule has 1 unspecified atom stereocenters. The number of benzene rings is 7. The van der Waals surface area contributed by atoms with Gasteiger partial charge in [-0.05, 0) is 74.8 Å². The Balaban J connectivity index is 1.26. The summed E-state index contributed by atoms with van der Waals surface area (Å²) in [6.07, 6.45) is -0.407. The maximum atomic E-state index is 14.8. The molecule has 56 heavy (non-hydrogen) atoms. The largest absolute Gasteiger partial charge is 0.481 e. The van der Waals surface area contributed by atoms with Crippen LogP contribution in [0.4, 0.5) is 5.69 Å². The Bertz CT molecular complexity index is 2550. The average molecular weight is 777 g/mol. The molecule has 0 spiro atoms. The molecule has 9 heteroatoms. The number of carbonyl (C=O) groups excluding carboxylic acids is 1. The summed E-state index contributed by atoms with van der Waals surface area (Å²) in [6.45, 7) is -0.112. The van der Waals surface area contributed by atoms with Gasteiger partial charge in [0.05, 0.1) is 35.2 Å². The van der Waals surface area contributed by atoms with Crippen molar-refractivity contribution in [2.75, 3.05) is 4.31 Å². The zero-order valence-electron chi connectivity index (χ0n) is 30.1. The van der Waals surface area contributed by atoms with Gasteiger partial charge in [0.1, 0.15) is 0 Å². The van der Waals surface area contributed by atoms with Crippen LogP contribution in [0, 0.1) is 0 Å². The predicted molar refractivity (Wildman–Crippen MR) is 223 cm³/mol. The smallest absolute Gasteiger partial charge is 0.305 e. The van der Waals surface area contributed by atoms with Crippen LogP contribution in [0.2, 0.25) is 5.02 Å². The van der Waals surface area contributed by atoms with E-state index in [0.29, 0.717) is 11.1 Å². The van der Waals surface area contributed by atoms with Gasteiger partial charge < -0.3 is 10.4 Å². The molecule has 7 nitrogen and oxygen atoms in total. The van der Waals surface area contributed by atoms with Crippen LogP contribution >= 0.6 is 11.6 Å². The predicted octanol–water partition coefficient (Wildman–Crippen LogP) is 10.7.